The van der Waals surface area contributed by atoms with Crippen LogP contribution in [0.2, 0.25) is 5.02 Å². The zero-order valence-corrected chi connectivity index (χ0v) is 11.8. The standard InChI is InChI=1S/C9H11ClO5S2/c1-6-4-5-7(16(2,11)12)9(8(6)10)15-17(3,13)14/h4-5H,1-3H3. The molecule has 0 amide bonds. The summed E-state index contributed by atoms with van der Waals surface area (Å²) >= 11 is 5.86. The van der Waals surface area contributed by atoms with Crippen molar-refractivity contribution in [1.82, 2.24) is 0 Å². The van der Waals surface area contributed by atoms with E-state index in [2.05, 4.69) is 4.18 Å². The Bertz CT molecular complexity index is 646. The van der Waals surface area contributed by atoms with Crippen molar-refractivity contribution in [3.63, 3.8) is 0 Å². The fourth-order valence-electron chi connectivity index (χ4n) is 1.16. The van der Waals surface area contributed by atoms with Gasteiger partial charge < -0.3 is 4.18 Å². The number of halogens is 1. The summed E-state index contributed by atoms with van der Waals surface area (Å²) in [6, 6.07) is 2.74. The third-order valence-corrected chi connectivity index (χ3v) is 3.95. The van der Waals surface area contributed by atoms with Crippen LogP contribution in [0.3, 0.4) is 0 Å². The molecule has 0 N–H and O–H groups in total. The monoisotopic (exact) mass is 298 g/mol. The van der Waals surface area contributed by atoms with E-state index in [9.17, 15) is 16.8 Å². The zero-order chi connectivity index (χ0) is 13.4. The molecular weight excluding hydrogens is 288 g/mol. The highest BCUT2D eigenvalue weighted by molar-refractivity contribution is 7.91. The zero-order valence-electron chi connectivity index (χ0n) is 9.39. The van der Waals surface area contributed by atoms with Crippen molar-refractivity contribution < 1.29 is 21.0 Å². The summed E-state index contributed by atoms with van der Waals surface area (Å²) in [5, 5.41) is -0.0293. The number of hydrogen-bond donors (Lipinski definition) is 0. The van der Waals surface area contributed by atoms with Gasteiger partial charge in [-0.15, -0.1) is 0 Å². The second-order valence-electron chi connectivity index (χ2n) is 3.58. The second-order valence-corrected chi connectivity index (χ2v) is 7.52. The molecule has 1 rings (SSSR count). The van der Waals surface area contributed by atoms with Crippen molar-refractivity contribution in [2.75, 3.05) is 12.5 Å². The summed E-state index contributed by atoms with van der Waals surface area (Å²) < 4.78 is 49.7. The molecule has 0 aliphatic rings. The molecule has 0 saturated heterocycles. The lowest BCUT2D eigenvalue weighted by Crippen LogP contribution is -2.10. The number of rotatable bonds is 3. The lowest BCUT2D eigenvalue weighted by Gasteiger charge is -2.11. The lowest BCUT2D eigenvalue weighted by atomic mass is 10.2. The van der Waals surface area contributed by atoms with E-state index in [1.165, 1.54) is 12.1 Å². The van der Waals surface area contributed by atoms with E-state index < -0.39 is 20.0 Å². The van der Waals surface area contributed by atoms with Crippen LogP contribution in [0, 0.1) is 6.92 Å². The Morgan fingerprint density at radius 3 is 2.06 bits per heavy atom. The maximum absolute atomic E-state index is 11.5. The van der Waals surface area contributed by atoms with Crippen LogP contribution < -0.4 is 4.18 Å². The average molecular weight is 299 g/mol. The Kier molecular flexibility index (Phi) is 3.75. The normalized spacial score (nSPS) is 12.5. The van der Waals surface area contributed by atoms with Gasteiger partial charge in [-0.2, -0.15) is 8.42 Å². The summed E-state index contributed by atoms with van der Waals surface area (Å²) in [4.78, 5) is -0.251. The molecule has 0 unspecified atom stereocenters. The number of hydrogen-bond acceptors (Lipinski definition) is 5. The minimum atomic E-state index is -3.85. The molecule has 96 valence electrons. The van der Waals surface area contributed by atoms with Crippen molar-refractivity contribution >= 4 is 31.6 Å². The van der Waals surface area contributed by atoms with Crippen LogP contribution in [0.25, 0.3) is 0 Å². The van der Waals surface area contributed by atoms with Gasteiger partial charge in [0.2, 0.25) is 0 Å². The molecule has 0 aliphatic carbocycles. The molecular formula is C9H11ClO5S2. The van der Waals surface area contributed by atoms with E-state index in [0.29, 0.717) is 5.56 Å². The Balaban J connectivity index is 3.59. The predicted molar refractivity (Wildman–Crippen MR) is 64.8 cm³/mol. The molecule has 8 heteroatoms. The Hall–Kier alpha value is -0.790. The van der Waals surface area contributed by atoms with Crippen molar-refractivity contribution in [3.8, 4) is 5.75 Å². The van der Waals surface area contributed by atoms with Crippen molar-refractivity contribution in [2.45, 2.75) is 11.8 Å². The summed E-state index contributed by atoms with van der Waals surface area (Å²) in [6.45, 7) is 1.61. The second kappa shape index (κ2) is 4.47. The predicted octanol–water partition coefficient (Wildman–Crippen LogP) is 1.39. The largest absolute Gasteiger partial charge is 0.380 e. The third kappa shape index (κ3) is 3.58. The molecule has 0 saturated carbocycles. The van der Waals surface area contributed by atoms with Gasteiger partial charge in [0.05, 0.1) is 11.3 Å². The van der Waals surface area contributed by atoms with Crippen molar-refractivity contribution in [1.29, 1.82) is 0 Å². The van der Waals surface area contributed by atoms with Gasteiger partial charge in [0.1, 0.15) is 4.90 Å². The Labute approximate surface area is 105 Å². The molecule has 0 aromatic heterocycles. The lowest BCUT2D eigenvalue weighted by molar-refractivity contribution is 0.485. The number of aryl methyl sites for hydroxylation is 1. The molecule has 1 aromatic rings. The molecule has 0 atom stereocenters. The van der Waals surface area contributed by atoms with Crippen LogP contribution in [0.1, 0.15) is 5.56 Å². The highest BCUT2D eigenvalue weighted by Crippen LogP contribution is 2.35. The minimum absolute atomic E-state index is 0.0293. The van der Waals surface area contributed by atoms with Crippen LogP contribution in [-0.2, 0) is 20.0 Å². The minimum Gasteiger partial charge on any atom is -0.380 e. The van der Waals surface area contributed by atoms with Gasteiger partial charge in [0.15, 0.2) is 15.6 Å². The van der Waals surface area contributed by atoms with E-state index in [4.69, 9.17) is 11.6 Å². The van der Waals surface area contributed by atoms with E-state index in [-0.39, 0.29) is 15.7 Å². The summed E-state index contributed by atoms with van der Waals surface area (Å²) in [5.41, 5.74) is 0.526. The summed E-state index contributed by atoms with van der Waals surface area (Å²) in [5.74, 6) is -0.350. The maximum Gasteiger partial charge on any atom is 0.306 e. The van der Waals surface area contributed by atoms with Crippen molar-refractivity contribution in [2.24, 2.45) is 0 Å². The van der Waals surface area contributed by atoms with E-state index in [1.54, 1.807) is 6.92 Å². The van der Waals surface area contributed by atoms with Gasteiger partial charge >= 0.3 is 10.1 Å². The van der Waals surface area contributed by atoms with Crippen LogP contribution in [0.15, 0.2) is 17.0 Å². The van der Waals surface area contributed by atoms with Gasteiger partial charge in [-0.1, -0.05) is 17.7 Å². The molecule has 0 fully saturated rings. The number of sulfone groups is 1. The van der Waals surface area contributed by atoms with Crippen molar-refractivity contribution in [3.05, 3.63) is 22.7 Å². The van der Waals surface area contributed by atoms with Gasteiger partial charge in [0, 0.05) is 6.26 Å². The van der Waals surface area contributed by atoms with Crippen LogP contribution >= 0.6 is 11.6 Å². The first-order valence-electron chi connectivity index (χ1n) is 4.41. The molecule has 0 radical (unpaired) electrons. The Morgan fingerprint density at radius 2 is 1.65 bits per heavy atom. The van der Waals surface area contributed by atoms with E-state index in [1.807, 2.05) is 0 Å². The molecule has 17 heavy (non-hydrogen) atoms. The maximum atomic E-state index is 11.5. The smallest absolute Gasteiger partial charge is 0.306 e. The van der Waals surface area contributed by atoms with E-state index >= 15 is 0 Å². The fourth-order valence-corrected chi connectivity index (χ4v) is 2.79. The molecule has 5 nitrogen and oxygen atoms in total. The molecule has 0 spiro atoms. The third-order valence-electron chi connectivity index (χ3n) is 1.89. The highest BCUT2D eigenvalue weighted by atomic mass is 35.5. The first kappa shape index (κ1) is 14.3. The molecule has 0 heterocycles. The number of benzene rings is 1. The molecule has 0 bridgehead atoms. The average Bonchev–Trinajstić information content (AvgIpc) is 2.08. The van der Waals surface area contributed by atoms with Crippen LogP contribution in [-0.4, -0.2) is 29.3 Å². The van der Waals surface area contributed by atoms with Gasteiger partial charge in [-0.3, -0.25) is 0 Å². The van der Waals surface area contributed by atoms with Gasteiger partial charge in [-0.05, 0) is 18.6 Å². The SMILES string of the molecule is Cc1ccc(S(C)(=O)=O)c(OS(C)(=O)=O)c1Cl. The molecule has 0 aliphatic heterocycles. The van der Waals surface area contributed by atoms with Crippen LogP contribution in [0.4, 0.5) is 0 Å². The van der Waals surface area contributed by atoms with E-state index in [0.717, 1.165) is 12.5 Å². The first-order valence-corrected chi connectivity index (χ1v) is 8.49. The highest BCUT2D eigenvalue weighted by Gasteiger charge is 2.22. The van der Waals surface area contributed by atoms with Crippen LogP contribution in [0.5, 0.6) is 5.75 Å². The van der Waals surface area contributed by atoms with Gasteiger partial charge in [0.25, 0.3) is 0 Å². The Morgan fingerprint density at radius 1 is 1.12 bits per heavy atom. The molecule has 1 aromatic carbocycles. The summed E-state index contributed by atoms with van der Waals surface area (Å²) in [6.07, 6.45) is 1.76. The topological polar surface area (TPSA) is 77.5 Å². The first-order chi connectivity index (χ1) is 7.52. The fraction of sp³-hybridized carbons (Fsp3) is 0.333. The quantitative estimate of drug-likeness (QED) is 0.788. The van der Waals surface area contributed by atoms with Gasteiger partial charge in [-0.25, -0.2) is 8.42 Å². The summed E-state index contributed by atoms with van der Waals surface area (Å²) in [7, 11) is -7.47.